The van der Waals surface area contributed by atoms with Crippen molar-refractivity contribution in [3.05, 3.63) is 139 Å². The number of rotatable bonds is 29. The molecule has 0 saturated carbocycles. The fourth-order valence-corrected chi connectivity index (χ4v) is 13.3. The first-order valence-electron chi connectivity index (χ1n) is 28.7. The van der Waals surface area contributed by atoms with Gasteiger partial charge in [-0.3, -0.25) is 37.6 Å². The van der Waals surface area contributed by atoms with Crippen LogP contribution >= 0.6 is 7.75 Å². The van der Waals surface area contributed by atoms with E-state index in [1.165, 1.54) is 26.5 Å². The third-order valence-electron chi connectivity index (χ3n) is 14.5. The number of nitrogens with zero attached hydrogens (tertiary/aromatic N) is 5. The van der Waals surface area contributed by atoms with Crippen LogP contribution in [0, 0.1) is 0 Å². The van der Waals surface area contributed by atoms with Gasteiger partial charge in [0.05, 0.1) is 33.8 Å². The topological polar surface area (TPSA) is 298 Å². The zero-order chi connectivity index (χ0) is 63.3. The Labute approximate surface area is 510 Å². The fraction of sp³-hybridized carbons (Fsp3) is 0.452. The SMILES string of the molecule is COc1ccc(C(OC(C(=O)COc2ccccc2)[C@H]2O[C@@H](n3cnc4c(N)ncnc43)C[C@@H]2OP(=O)(OCCCO[C@@H]2O[C@H](COC(C)=O)[C@@H](OC(C)=O)[C@H](OC(C)=O)[C@H]2NC(C)=O)N(C(C)C)C(C)C)(c2ccccc2)c2ccc(OC)cc2)cc1. The minimum atomic E-state index is -4.58. The molecule has 4 heterocycles. The second-order valence-electron chi connectivity index (χ2n) is 21.4. The van der Waals surface area contributed by atoms with Gasteiger partial charge in [0.2, 0.25) is 11.7 Å². The summed E-state index contributed by atoms with van der Waals surface area (Å²) < 4.78 is 94.4. The van der Waals surface area contributed by atoms with Crippen LogP contribution in [-0.2, 0) is 76.3 Å². The molecule has 2 aliphatic rings. The molecule has 88 heavy (non-hydrogen) atoms. The van der Waals surface area contributed by atoms with Crippen molar-refractivity contribution in [1.29, 1.82) is 0 Å². The largest absolute Gasteiger partial charge is 0.497 e. The monoisotopic (exact) mass is 1240 g/mol. The number of nitrogens with one attached hydrogen (secondary N) is 1. The Balaban J connectivity index is 1.21. The third kappa shape index (κ3) is 15.7. The van der Waals surface area contributed by atoms with Gasteiger partial charge in [-0.1, -0.05) is 72.8 Å². The molecule has 3 N–H and O–H groups in total. The summed E-state index contributed by atoms with van der Waals surface area (Å²) in [5.74, 6) is -1.75. The molecule has 26 heteroatoms. The highest BCUT2D eigenvalue weighted by Gasteiger charge is 2.55. The Kier molecular flexibility index (Phi) is 22.4. The molecule has 0 radical (unpaired) electrons. The molecule has 0 aliphatic carbocycles. The molecule has 2 aliphatic heterocycles. The van der Waals surface area contributed by atoms with Crippen LogP contribution in [0.25, 0.3) is 11.2 Å². The summed E-state index contributed by atoms with van der Waals surface area (Å²) in [7, 11) is -1.47. The summed E-state index contributed by atoms with van der Waals surface area (Å²) in [6, 6.07) is 30.5. The van der Waals surface area contributed by atoms with Crippen LogP contribution in [0.3, 0.4) is 0 Å². The molecule has 2 fully saturated rings. The van der Waals surface area contributed by atoms with Crippen LogP contribution in [0.5, 0.6) is 17.2 Å². The molecule has 0 bridgehead atoms. The lowest BCUT2D eigenvalue weighted by Gasteiger charge is -2.45. The molecule has 0 spiro atoms. The summed E-state index contributed by atoms with van der Waals surface area (Å²) in [5.41, 5.74) is 7.05. The van der Waals surface area contributed by atoms with Crippen molar-refractivity contribution < 1.29 is 85.0 Å². The maximum absolute atomic E-state index is 16.4. The summed E-state index contributed by atoms with van der Waals surface area (Å²) in [4.78, 5) is 78.6. The molecule has 2 saturated heterocycles. The Bertz CT molecular complexity index is 3300. The molecule has 25 nitrogen and oxygen atoms in total. The number of nitrogen functional groups attached to an aromatic ring is 1. The first kappa shape index (κ1) is 66.1. The normalized spacial score (nSPS) is 21.3. The van der Waals surface area contributed by atoms with E-state index >= 15 is 9.36 Å². The first-order valence-corrected chi connectivity index (χ1v) is 30.2. The zero-order valence-corrected chi connectivity index (χ0v) is 51.6. The number of amides is 1. The third-order valence-corrected chi connectivity index (χ3v) is 17.1. The standard InChI is InChI=1S/C62H76N7O18P/c1-37(2)69(38(3)4)88(75,81-31-17-30-78-61-53(67-39(5)70)58(83-42(8)73)57(82-41(7)72)51(84-61)34-79-40(6)71)87-50-32-52(68-36-66-54-59(63)64-35-65-60(54)68)85-56(50)55(49(74)33-80-48-20-15-12-16-21-48)86-62(43-18-13-11-14-19-43,44-22-26-46(76-9)27-23-44)45-24-28-47(77-10)29-25-45/h11-16,18-29,35-38,50-53,55-58,61H,17,30-34H2,1-10H3,(H,67,70)(H2,63,64,65)/t50-,51+,52+,53+,55?,56-,57+,58+,61+,88?/m0/s1. The highest BCUT2D eigenvalue weighted by Crippen LogP contribution is 2.58. The summed E-state index contributed by atoms with van der Waals surface area (Å²) in [5, 5.41) is 2.69. The first-order chi connectivity index (χ1) is 42.2. The van der Waals surface area contributed by atoms with E-state index in [2.05, 4.69) is 20.3 Å². The summed E-state index contributed by atoms with van der Waals surface area (Å²) in [6.07, 6.45) is -8.03. The van der Waals surface area contributed by atoms with E-state index in [0.29, 0.717) is 39.6 Å². The van der Waals surface area contributed by atoms with Crippen LogP contribution in [0.4, 0.5) is 5.82 Å². The molecule has 4 aromatic carbocycles. The maximum atomic E-state index is 16.4. The van der Waals surface area contributed by atoms with E-state index in [0.717, 1.165) is 13.8 Å². The van der Waals surface area contributed by atoms with Gasteiger partial charge in [0.15, 0.2) is 36.1 Å². The smallest absolute Gasteiger partial charge is 0.409 e. The number of carbonyl (C=O) groups is 5. The molecule has 472 valence electrons. The van der Waals surface area contributed by atoms with E-state index in [-0.39, 0.29) is 37.4 Å². The van der Waals surface area contributed by atoms with Gasteiger partial charge in [-0.2, -0.15) is 0 Å². The van der Waals surface area contributed by atoms with Crippen molar-refractivity contribution in [3.8, 4) is 17.2 Å². The van der Waals surface area contributed by atoms with Gasteiger partial charge in [0, 0.05) is 46.2 Å². The van der Waals surface area contributed by atoms with Crippen molar-refractivity contribution >= 4 is 54.3 Å². The number of ketones is 1. The summed E-state index contributed by atoms with van der Waals surface area (Å²) in [6.45, 7) is 10.6. The van der Waals surface area contributed by atoms with Crippen molar-refractivity contribution in [1.82, 2.24) is 29.5 Å². The number of anilines is 1. The van der Waals surface area contributed by atoms with Gasteiger partial charge >= 0.3 is 25.7 Å². The van der Waals surface area contributed by atoms with E-state index < -0.39 is 123 Å². The van der Waals surface area contributed by atoms with Crippen LogP contribution < -0.4 is 25.3 Å². The van der Waals surface area contributed by atoms with Crippen molar-refractivity contribution in [2.24, 2.45) is 0 Å². The number of esters is 3. The second-order valence-corrected chi connectivity index (χ2v) is 23.3. The van der Waals surface area contributed by atoms with E-state index in [1.807, 2.05) is 88.4 Å². The Morgan fingerprint density at radius 3 is 1.90 bits per heavy atom. The number of methoxy groups -OCH3 is 2. The highest BCUT2D eigenvalue weighted by atomic mass is 31.2. The second kappa shape index (κ2) is 29.9. The molecule has 2 aromatic heterocycles. The van der Waals surface area contributed by atoms with Crippen LogP contribution in [0.15, 0.2) is 122 Å². The van der Waals surface area contributed by atoms with Crippen molar-refractivity contribution in [2.45, 2.75) is 141 Å². The lowest BCUT2D eigenvalue weighted by molar-refractivity contribution is -0.278. The molecule has 10 atom stereocenters. The number of hydrogen-bond acceptors (Lipinski definition) is 22. The van der Waals surface area contributed by atoms with Gasteiger partial charge < -0.3 is 58.4 Å². The van der Waals surface area contributed by atoms with Gasteiger partial charge in [0.25, 0.3) is 0 Å². The molecule has 8 rings (SSSR count). The minimum Gasteiger partial charge on any atom is -0.497 e. The van der Waals surface area contributed by atoms with Gasteiger partial charge in [-0.15, -0.1) is 0 Å². The average Bonchev–Trinajstić information content (AvgIpc) is 2.37. The zero-order valence-electron chi connectivity index (χ0n) is 50.7. The number of hydrogen-bond donors (Lipinski definition) is 2. The van der Waals surface area contributed by atoms with Crippen LogP contribution in [-0.4, -0.2) is 155 Å². The van der Waals surface area contributed by atoms with Crippen molar-refractivity contribution in [3.63, 3.8) is 0 Å². The lowest BCUT2D eigenvalue weighted by Crippen LogP contribution is -2.66. The predicted octanol–water partition coefficient (Wildman–Crippen LogP) is 7.43. The number of nitrogens with two attached hydrogens (primary N) is 1. The number of imidazole rings is 1. The fourth-order valence-electron chi connectivity index (χ4n) is 10.9. The number of ether oxygens (including phenoxy) is 10. The van der Waals surface area contributed by atoms with Gasteiger partial charge in [0.1, 0.15) is 78.5 Å². The van der Waals surface area contributed by atoms with Crippen molar-refractivity contribution in [2.75, 3.05) is 46.4 Å². The number of para-hydroxylation sites is 1. The minimum absolute atomic E-state index is 0.00396. The Morgan fingerprint density at radius 1 is 0.739 bits per heavy atom. The maximum Gasteiger partial charge on any atom is 0.409 e. The predicted molar refractivity (Wildman–Crippen MR) is 318 cm³/mol. The number of Topliss-reactive ketones (excluding diaryl/α,β-unsaturated/α-hetero) is 1. The molecule has 2 unspecified atom stereocenters. The van der Waals surface area contributed by atoms with Gasteiger partial charge in [-0.05, 0) is 87.2 Å². The van der Waals surface area contributed by atoms with Crippen LogP contribution in [0.2, 0.25) is 0 Å². The van der Waals surface area contributed by atoms with E-state index in [9.17, 15) is 19.2 Å². The van der Waals surface area contributed by atoms with E-state index in [4.69, 9.17) is 62.1 Å². The quantitative estimate of drug-likeness (QED) is 0.0152. The lowest BCUT2D eigenvalue weighted by atomic mass is 9.79. The number of aromatic nitrogens is 4. The molecular weight excluding hydrogens is 1160 g/mol. The highest BCUT2D eigenvalue weighted by molar-refractivity contribution is 7.51. The number of benzene rings is 4. The summed E-state index contributed by atoms with van der Waals surface area (Å²) >= 11 is 0. The molecular formula is C62H76N7O18P. The van der Waals surface area contributed by atoms with E-state index in [1.54, 1.807) is 72.0 Å². The number of carbonyl (C=O) groups excluding carboxylic acids is 5. The molecule has 6 aromatic rings. The Morgan fingerprint density at radius 2 is 1.33 bits per heavy atom. The average molecular weight is 1240 g/mol. The Hall–Kier alpha value is -7.87. The molecule has 1 amide bonds. The van der Waals surface area contributed by atoms with Crippen LogP contribution in [0.1, 0.15) is 91.1 Å². The number of fused-ring (bicyclic) bond motifs is 1. The van der Waals surface area contributed by atoms with Gasteiger partial charge in [-0.25, -0.2) is 24.2 Å².